The third-order valence-electron chi connectivity index (χ3n) is 4.92. The highest BCUT2D eigenvalue weighted by Gasteiger charge is 2.32. The van der Waals surface area contributed by atoms with Crippen molar-refractivity contribution >= 4 is 17.4 Å². The lowest BCUT2D eigenvalue weighted by Gasteiger charge is -2.39. The van der Waals surface area contributed by atoms with Crippen molar-refractivity contribution in [1.82, 2.24) is 0 Å². The van der Waals surface area contributed by atoms with E-state index in [9.17, 15) is 0 Å². The molecule has 1 aromatic rings. The quantitative estimate of drug-likeness (QED) is 0.850. The fourth-order valence-corrected chi connectivity index (χ4v) is 4.81. The Morgan fingerprint density at radius 3 is 2.52 bits per heavy atom. The normalized spacial score (nSPS) is 25.7. The van der Waals surface area contributed by atoms with Gasteiger partial charge in [0.25, 0.3) is 0 Å². The molecule has 0 spiro atoms. The fourth-order valence-electron chi connectivity index (χ4n) is 3.20. The number of benzene rings is 1. The van der Waals surface area contributed by atoms with E-state index in [0.29, 0.717) is 17.6 Å². The number of anilines is 1. The van der Waals surface area contributed by atoms with Gasteiger partial charge in [-0.25, -0.2) is 0 Å². The molecule has 1 saturated carbocycles. The van der Waals surface area contributed by atoms with Crippen molar-refractivity contribution in [2.24, 2.45) is 5.41 Å². The number of hydrogen-bond donors (Lipinski definition) is 1. The van der Waals surface area contributed by atoms with Crippen LogP contribution >= 0.6 is 11.8 Å². The monoisotopic (exact) mass is 305 g/mol. The molecule has 2 aliphatic rings. The first kappa shape index (κ1) is 15.1. The van der Waals surface area contributed by atoms with Crippen LogP contribution in [0, 0.1) is 5.41 Å². The highest BCUT2D eigenvalue weighted by atomic mass is 32.2. The first-order chi connectivity index (χ1) is 10.1. The maximum atomic E-state index is 6.03. The summed E-state index contributed by atoms with van der Waals surface area (Å²) in [6.07, 6.45) is 6.80. The highest BCUT2D eigenvalue weighted by molar-refractivity contribution is 7.99. The highest BCUT2D eigenvalue weighted by Crippen LogP contribution is 2.36. The SMILES string of the molecule is CC1(C)CCSCC1Nc1ccc(OC2CCCC2)cc1. The van der Waals surface area contributed by atoms with Gasteiger partial charge in [-0.05, 0) is 67.5 Å². The van der Waals surface area contributed by atoms with E-state index in [1.54, 1.807) is 0 Å². The molecule has 0 bridgehead atoms. The van der Waals surface area contributed by atoms with Crippen LogP contribution < -0.4 is 10.1 Å². The Morgan fingerprint density at radius 1 is 1.14 bits per heavy atom. The lowest BCUT2D eigenvalue weighted by molar-refractivity contribution is 0.210. The molecule has 2 fully saturated rings. The zero-order chi connectivity index (χ0) is 14.7. The van der Waals surface area contributed by atoms with Gasteiger partial charge in [-0.15, -0.1) is 0 Å². The van der Waals surface area contributed by atoms with E-state index >= 15 is 0 Å². The smallest absolute Gasteiger partial charge is 0.119 e. The summed E-state index contributed by atoms with van der Waals surface area (Å²) in [6, 6.07) is 9.12. The molecular formula is C18H27NOS. The van der Waals surface area contributed by atoms with Crippen LogP contribution in [0.5, 0.6) is 5.75 Å². The predicted octanol–water partition coefficient (Wildman–Crippen LogP) is 4.95. The van der Waals surface area contributed by atoms with Gasteiger partial charge in [0.2, 0.25) is 0 Å². The topological polar surface area (TPSA) is 21.3 Å². The van der Waals surface area contributed by atoms with Gasteiger partial charge in [-0.1, -0.05) is 13.8 Å². The zero-order valence-corrected chi connectivity index (χ0v) is 14.0. The van der Waals surface area contributed by atoms with Gasteiger partial charge >= 0.3 is 0 Å². The van der Waals surface area contributed by atoms with Gasteiger partial charge in [0.05, 0.1) is 6.10 Å². The van der Waals surface area contributed by atoms with Crippen molar-refractivity contribution in [3.8, 4) is 5.75 Å². The van der Waals surface area contributed by atoms with E-state index in [2.05, 4.69) is 55.2 Å². The number of thioether (sulfide) groups is 1. The summed E-state index contributed by atoms with van der Waals surface area (Å²) in [4.78, 5) is 0. The third kappa shape index (κ3) is 3.88. The Kier molecular flexibility index (Phi) is 4.68. The average molecular weight is 305 g/mol. The second-order valence-corrected chi connectivity index (χ2v) is 8.21. The van der Waals surface area contributed by atoms with Crippen molar-refractivity contribution in [2.75, 3.05) is 16.8 Å². The Balaban J connectivity index is 1.58. The zero-order valence-electron chi connectivity index (χ0n) is 13.2. The van der Waals surface area contributed by atoms with Crippen molar-refractivity contribution in [3.05, 3.63) is 24.3 Å². The Bertz CT molecular complexity index is 451. The molecule has 1 aromatic carbocycles. The van der Waals surface area contributed by atoms with E-state index in [0.717, 1.165) is 5.75 Å². The minimum atomic E-state index is 0.379. The van der Waals surface area contributed by atoms with Crippen molar-refractivity contribution in [1.29, 1.82) is 0 Å². The lowest BCUT2D eigenvalue weighted by Crippen LogP contribution is -2.41. The second-order valence-electron chi connectivity index (χ2n) is 7.06. The van der Waals surface area contributed by atoms with E-state index in [-0.39, 0.29) is 0 Å². The van der Waals surface area contributed by atoms with Gasteiger partial charge in [-0.3, -0.25) is 0 Å². The maximum absolute atomic E-state index is 6.03. The Hall–Kier alpha value is -0.830. The summed E-state index contributed by atoms with van der Waals surface area (Å²) >= 11 is 2.06. The van der Waals surface area contributed by atoms with Crippen molar-refractivity contribution in [2.45, 2.75) is 58.1 Å². The van der Waals surface area contributed by atoms with E-state index < -0.39 is 0 Å². The fraction of sp³-hybridized carbons (Fsp3) is 0.667. The van der Waals surface area contributed by atoms with Crippen LogP contribution in [0.15, 0.2) is 24.3 Å². The summed E-state index contributed by atoms with van der Waals surface area (Å²) in [5.41, 5.74) is 1.60. The molecule has 1 heterocycles. The molecule has 1 unspecified atom stereocenters. The lowest BCUT2D eigenvalue weighted by atomic mass is 9.82. The van der Waals surface area contributed by atoms with E-state index in [4.69, 9.17) is 4.74 Å². The third-order valence-corrected chi connectivity index (χ3v) is 5.98. The maximum Gasteiger partial charge on any atom is 0.119 e. The van der Waals surface area contributed by atoms with Crippen LogP contribution in [0.25, 0.3) is 0 Å². The van der Waals surface area contributed by atoms with Crippen molar-refractivity contribution in [3.63, 3.8) is 0 Å². The van der Waals surface area contributed by atoms with Crippen LogP contribution in [0.4, 0.5) is 5.69 Å². The summed E-state index contributed by atoms with van der Waals surface area (Å²) in [7, 11) is 0. The van der Waals surface area contributed by atoms with Crippen LogP contribution in [-0.2, 0) is 0 Å². The minimum Gasteiger partial charge on any atom is -0.490 e. The molecule has 1 aliphatic heterocycles. The number of ether oxygens (including phenoxy) is 1. The van der Waals surface area contributed by atoms with Gasteiger partial charge in [0.15, 0.2) is 0 Å². The molecule has 1 saturated heterocycles. The minimum absolute atomic E-state index is 0.379. The van der Waals surface area contributed by atoms with Crippen LogP contribution in [0.1, 0.15) is 46.0 Å². The van der Waals surface area contributed by atoms with Gasteiger partial charge in [-0.2, -0.15) is 11.8 Å². The Labute approximate surface area is 133 Å². The first-order valence-electron chi connectivity index (χ1n) is 8.24. The number of nitrogens with one attached hydrogen (secondary N) is 1. The molecule has 116 valence electrons. The molecule has 1 aliphatic carbocycles. The molecule has 1 N–H and O–H groups in total. The van der Waals surface area contributed by atoms with Gasteiger partial charge in [0, 0.05) is 17.5 Å². The molecule has 0 radical (unpaired) electrons. The van der Waals surface area contributed by atoms with Crippen LogP contribution in [0.2, 0.25) is 0 Å². The van der Waals surface area contributed by atoms with E-state index in [1.807, 2.05) is 0 Å². The standard InChI is InChI=1S/C18H27NOS/c1-18(2)11-12-21-13-17(18)19-14-7-9-16(10-8-14)20-15-5-3-4-6-15/h7-10,15,17,19H,3-6,11-13H2,1-2H3. The van der Waals surface area contributed by atoms with Crippen LogP contribution in [-0.4, -0.2) is 23.7 Å². The summed E-state index contributed by atoms with van der Waals surface area (Å²) < 4.78 is 6.03. The summed E-state index contributed by atoms with van der Waals surface area (Å²) in [5, 5.41) is 3.72. The second kappa shape index (κ2) is 6.51. The Morgan fingerprint density at radius 2 is 1.86 bits per heavy atom. The first-order valence-corrected chi connectivity index (χ1v) is 9.40. The van der Waals surface area contributed by atoms with Gasteiger partial charge < -0.3 is 10.1 Å². The molecule has 3 rings (SSSR count). The van der Waals surface area contributed by atoms with Gasteiger partial charge in [0.1, 0.15) is 5.75 Å². The molecule has 2 nitrogen and oxygen atoms in total. The molecule has 0 aromatic heterocycles. The van der Waals surface area contributed by atoms with E-state index in [1.165, 1.54) is 49.3 Å². The molecular weight excluding hydrogens is 278 g/mol. The van der Waals surface area contributed by atoms with Crippen LogP contribution in [0.3, 0.4) is 0 Å². The number of hydrogen-bond acceptors (Lipinski definition) is 3. The largest absolute Gasteiger partial charge is 0.490 e. The number of rotatable bonds is 4. The molecule has 3 heteroatoms. The average Bonchev–Trinajstić information content (AvgIpc) is 2.96. The summed E-state index contributed by atoms with van der Waals surface area (Å²) in [6.45, 7) is 4.75. The molecule has 1 atom stereocenters. The molecule has 0 amide bonds. The summed E-state index contributed by atoms with van der Waals surface area (Å²) in [5.74, 6) is 3.51. The van der Waals surface area contributed by atoms with Crippen molar-refractivity contribution < 1.29 is 4.74 Å². The predicted molar refractivity (Wildman–Crippen MR) is 92.5 cm³/mol. The molecule has 21 heavy (non-hydrogen) atoms.